The van der Waals surface area contributed by atoms with E-state index in [4.69, 9.17) is 4.84 Å². The second kappa shape index (κ2) is 10.3. The number of aromatic nitrogens is 2. The van der Waals surface area contributed by atoms with Crippen LogP contribution in [0.25, 0.3) is 0 Å². The molecule has 1 saturated carbocycles. The zero-order valence-electron chi connectivity index (χ0n) is 19.8. The van der Waals surface area contributed by atoms with Gasteiger partial charge in [-0.3, -0.25) is 14.4 Å². The summed E-state index contributed by atoms with van der Waals surface area (Å²) in [6, 6.07) is 12.8. The van der Waals surface area contributed by atoms with Crippen molar-refractivity contribution in [3.8, 4) is 0 Å². The molecular weight excluding hydrogens is 468 g/mol. The van der Waals surface area contributed by atoms with Gasteiger partial charge in [-0.2, -0.15) is 0 Å². The van der Waals surface area contributed by atoms with Gasteiger partial charge in [-0.05, 0) is 62.4 Å². The average Bonchev–Trinajstić information content (AvgIpc) is 3.63. The van der Waals surface area contributed by atoms with Crippen LogP contribution in [0.1, 0.15) is 47.3 Å². The highest BCUT2D eigenvalue weighted by Gasteiger charge is 2.25. The minimum absolute atomic E-state index is 0.220. The smallest absolute Gasteiger partial charge is 0.278 e. The third kappa shape index (κ3) is 6.67. The highest BCUT2D eigenvalue weighted by Crippen LogP contribution is 2.42. The lowest BCUT2D eigenvalue weighted by molar-refractivity contribution is 0.0365. The van der Waals surface area contributed by atoms with Gasteiger partial charge in [0.05, 0.1) is 35.5 Å². The molecule has 2 heterocycles. The Balaban J connectivity index is 1.71. The molecule has 0 saturated heterocycles. The van der Waals surface area contributed by atoms with Gasteiger partial charge in [0.1, 0.15) is 11.6 Å². The first kappa shape index (κ1) is 24.4. The van der Waals surface area contributed by atoms with Crippen LogP contribution in [0.4, 0.5) is 28.7 Å². The van der Waals surface area contributed by atoms with Crippen molar-refractivity contribution in [1.29, 1.82) is 0 Å². The summed E-state index contributed by atoms with van der Waals surface area (Å²) < 4.78 is 26.6. The second-order valence-electron chi connectivity index (χ2n) is 8.35. The van der Waals surface area contributed by atoms with E-state index in [0.717, 1.165) is 30.4 Å². The number of benzene rings is 1. The largest absolute Gasteiger partial charge is 0.353 e. The van der Waals surface area contributed by atoms with E-state index in [0.29, 0.717) is 41.2 Å². The van der Waals surface area contributed by atoms with Crippen LogP contribution in [-0.4, -0.2) is 37.2 Å². The number of aryl methyl sites for hydroxylation is 1. The fourth-order valence-electron chi connectivity index (χ4n) is 3.52. The van der Waals surface area contributed by atoms with Crippen LogP contribution in [0, 0.1) is 6.92 Å². The Kier molecular flexibility index (Phi) is 7.17. The van der Waals surface area contributed by atoms with E-state index >= 15 is 0 Å². The fourth-order valence-corrected chi connectivity index (χ4v) is 4.08. The Hall–Kier alpha value is -3.70. The van der Waals surface area contributed by atoms with E-state index in [1.165, 1.54) is 6.20 Å². The first-order valence-corrected chi connectivity index (χ1v) is 13.1. The zero-order valence-corrected chi connectivity index (χ0v) is 20.6. The molecular formula is C24H28N6O4S. The van der Waals surface area contributed by atoms with Crippen LogP contribution < -0.4 is 20.8 Å². The molecule has 11 heteroatoms. The average molecular weight is 497 g/mol. The van der Waals surface area contributed by atoms with Gasteiger partial charge in [0.25, 0.3) is 5.91 Å². The first-order chi connectivity index (χ1) is 16.7. The number of pyridine rings is 2. The lowest BCUT2D eigenvalue weighted by atomic mass is 10.1. The molecule has 4 rings (SSSR count). The molecule has 184 valence electrons. The molecule has 1 fully saturated rings. The Morgan fingerprint density at radius 2 is 1.86 bits per heavy atom. The summed E-state index contributed by atoms with van der Waals surface area (Å²) in [5.74, 6) is 0.999. The SMILES string of the molecule is CCONC(=O)c1cnc(Nc2cccc(C)n2)cc1Nc1ccc(C2CC2)cc1NS(C)(=O)=O. The Morgan fingerprint density at radius 1 is 1.06 bits per heavy atom. The first-order valence-electron chi connectivity index (χ1n) is 11.2. The number of nitrogens with one attached hydrogen (secondary N) is 4. The van der Waals surface area contributed by atoms with Crippen molar-refractivity contribution in [2.45, 2.75) is 32.6 Å². The van der Waals surface area contributed by atoms with E-state index in [2.05, 4.69) is 30.8 Å². The number of carbonyl (C=O) groups is 1. The number of anilines is 5. The van der Waals surface area contributed by atoms with Crippen LogP contribution in [0.2, 0.25) is 0 Å². The molecule has 1 amide bonds. The van der Waals surface area contributed by atoms with Crippen LogP contribution in [0.3, 0.4) is 0 Å². The maximum Gasteiger partial charge on any atom is 0.278 e. The second-order valence-corrected chi connectivity index (χ2v) is 10.1. The molecule has 10 nitrogen and oxygen atoms in total. The number of hydrogen-bond acceptors (Lipinski definition) is 8. The maximum absolute atomic E-state index is 12.7. The number of nitrogens with zero attached hydrogens (tertiary/aromatic N) is 2. The molecule has 0 atom stereocenters. The molecule has 1 aliphatic carbocycles. The van der Waals surface area contributed by atoms with Crippen LogP contribution in [-0.2, 0) is 14.9 Å². The highest BCUT2D eigenvalue weighted by atomic mass is 32.2. The molecule has 0 unspecified atom stereocenters. The van der Waals surface area contributed by atoms with Gasteiger partial charge in [0, 0.05) is 18.0 Å². The maximum atomic E-state index is 12.7. The summed E-state index contributed by atoms with van der Waals surface area (Å²) in [6.45, 7) is 3.93. The topological polar surface area (TPSA) is 134 Å². The van der Waals surface area contributed by atoms with Crippen molar-refractivity contribution in [2.24, 2.45) is 0 Å². The molecule has 3 aromatic rings. The van der Waals surface area contributed by atoms with E-state index in [-0.39, 0.29) is 5.56 Å². The van der Waals surface area contributed by atoms with Crippen molar-refractivity contribution < 1.29 is 18.0 Å². The van der Waals surface area contributed by atoms with Crippen LogP contribution in [0.5, 0.6) is 0 Å². The molecule has 1 aromatic carbocycles. The van der Waals surface area contributed by atoms with Crippen molar-refractivity contribution in [3.63, 3.8) is 0 Å². The van der Waals surface area contributed by atoms with Gasteiger partial charge in [0.15, 0.2) is 0 Å². The molecule has 1 aliphatic rings. The Morgan fingerprint density at radius 3 is 2.54 bits per heavy atom. The van der Waals surface area contributed by atoms with Crippen LogP contribution in [0.15, 0.2) is 48.7 Å². The summed E-state index contributed by atoms with van der Waals surface area (Å²) >= 11 is 0. The van der Waals surface area contributed by atoms with E-state index in [1.54, 1.807) is 19.1 Å². The normalized spacial score (nSPS) is 13.2. The van der Waals surface area contributed by atoms with E-state index < -0.39 is 15.9 Å². The van der Waals surface area contributed by atoms with Gasteiger partial charge in [-0.25, -0.2) is 23.9 Å². The lowest BCUT2D eigenvalue weighted by Gasteiger charge is -2.17. The van der Waals surface area contributed by atoms with Gasteiger partial charge in [0.2, 0.25) is 10.0 Å². The van der Waals surface area contributed by atoms with Crippen LogP contribution >= 0.6 is 0 Å². The predicted molar refractivity (Wildman–Crippen MR) is 136 cm³/mol. The highest BCUT2D eigenvalue weighted by molar-refractivity contribution is 7.92. The molecule has 0 radical (unpaired) electrons. The monoisotopic (exact) mass is 496 g/mol. The Bertz CT molecular complexity index is 1340. The van der Waals surface area contributed by atoms with Crippen molar-refractivity contribution in [2.75, 3.05) is 28.2 Å². The summed E-state index contributed by atoms with van der Waals surface area (Å²) in [5.41, 5.74) is 5.81. The molecule has 35 heavy (non-hydrogen) atoms. The van der Waals surface area contributed by atoms with Crippen molar-refractivity contribution in [1.82, 2.24) is 15.4 Å². The van der Waals surface area contributed by atoms with E-state index in [9.17, 15) is 13.2 Å². The number of hydrogen-bond donors (Lipinski definition) is 4. The van der Waals surface area contributed by atoms with Crippen molar-refractivity contribution >= 4 is 44.6 Å². The summed E-state index contributed by atoms with van der Waals surface area (Å²) in [7, 11) is -3.53. The molecule has 0 spiro atoms. The minimum Gasteiger partial charge on any atom is -0.353 e. The fraction of sp³-hybridized carbons (Fsp3) is 0.292. The number of rotatable bonds is 10. The summed E-state index contributed by atoms with van der Waals surface area (Å²) in [4.78, 5) is 26.6. The van der Waals surface area contributed by atoms with Gasteiger partial charge in [-0.1, -0.05) is 12.1 Å². The molecule has 4 N–H and O–H groups in total. The molecule has 0 bridgehead atoms. The quantitative estimate of drug-likeness (QED) is 0.307. The predicted octanol–water partition coefficient (Wildman–Crippen LogP) is 4.20. The minimum atomic E-state index is -3.53. The number of hydroxylamine groups is 1. The van der Waals surface area contributed by atoms with Gasteiger partial charge >= 0.3 is 0 Å². The lowest BCUT2D eigenvalue weighted by Crippen LogP contribution is -2.24. The number of amides is 1. The zero-order chi connectivity index (χ0) is 25.0. The number of carbonyl (C=O) groups excluding carboxylic acids is 1. The third-order valence-corrected chi connectivity index (χ3v) is 5.85. The summed E-state index contributed by atoms with van der Waals surface area (Å²) in [5, 5.41) is 6.33. The standard InChI is InChI=1S/C24H28N6O4S/c1-4-34-29-24(31)18-14-25-23(28-22-7-5-6-15(2)26-22)13-20(18)27-19-11-10-17(16-8-9-16)12-21(19)30-35(3,32)33/h5-7,10-14,16,30H,4,8-9H2,1-3H3,(H,29,31)(H2,25,26,27,28). The van der Waals surface area contributed by atoms with E-state index in [1.807, 2.05) is 37.3 Å². The molecule has 0 aliphatic heterocycles. The molecule has 2 aromatic heterocycles. The van der Waals surface area contributed by atoms with Gasteiger partial charge < -0.3 is 10.6 Å². The Labute approximate surface area is 204 Å². The van der Waals surface area contributed by atoms with Crippen molar-refractivity contribution in [3.05, 3.63) is 65.5 Å². The third-order valence-electron chi connectivity index (χ3n) is 5.26. The summed E-state index contributed by atoms with van der Waals surface area (Å²) in [6.07, 6.45) is 4.68. The van der Waals surface area contributed by atoms with Gasteiger partial charge in [-0.15, -0.1) is 0 Å². The number of sulfonamides is 1.